The summed E-state index contributed by atoms with van der Waals surface area (Å²) in [6.45, 7) is 2.05. The number of phenols is 1. The van der Waals surface area contributed by atoms with Crippen molar-refractivity contribution in [2.75, 3.05) is 20.1 Å². The maximum atomic E-state index is 10.1. The highest BCUT2D eigenvalue weighted by Gasteiger charge is 2.39. The Morgan fingerprint density at radius 1 is 1.06 bits per heavy atom. The van der Waals surface area contributed by atoms with E-state index in [0.29, 0.717) is 17.6 Å². The minimum absolute atomic E-state index is 0.103. The number of hydrazine groups is 1. The summed E-state index contributed by atoms with van der Waals surface area (Å²) < 4.78 is 0. The number of rotatable bonds is 8. The Balaban J connectivity index is 1.31. The van der Waals surface area contributed by atoms with Gasteiger partial charge < -0.3 is 20.7 Å². The van der Waals surface area contributed by atoms with Crippen molar-refractivity contribution in [2.45, 2.75) is 56.0 Å². The Morgan fingerprint density at radius 3 is 2.34 bits per heavy atom. The smallest absolute Gasteiger partial charge is 0.124 e. The minimum atomic E-state index is -0.339. The van der Waals surface area contributed by atoms with E-state index in [1.54, 1.807) is 31.3 Å². The van der Waals surface area contributed by atoms with E-state index in [9.17, 15) is 10.4 Å². The first-order valence-electron chi connectivity index (χ1n) is 12.5. The molecule has 0 amide bonds. The highest BCUT2D eigenvalue weighted by Crippen LogP contribution is 2.40. The third-order valence-corrected chi connectivity index (χ3v) is 7.50. The van der Waals surface area contributed by atoms with Crippen LogP contribution in [0.5, 0.6) is 5.75 Å². The van der Waals surface area contributed by atoms with E-state index in [1.807, 2.05) is 24.3 Å². The standard InChI is InChI=1S/C28H36N6O/c1-31-33-27(19-25(30)24-9-5-6-10-26(24)35)32-22-13-17-34(18-14-22)23-11-15-28(20-29,16-12-23)21-7-3-2-4-8-21/h2-10,19,22-23,30-33,35H,11-18H2,1H3/b27-19-,30-25?. The lowest BCUT2D eigenvalue weighted by atomic mass is 9.69. The van der Waals surface area contributed by atoms with Crippen molar-refractivity contribution in [3.05, 3.63) is 77.6 Å². The van der Waals surface area contributed by atoms with Crippen LogP contribution in [0.4, 0.5) is 0 Å². The van der Waals surface area contributed by atoms with Gasteiger partial charge in [0.1, 0.15) is 11.6 Å². The molecule has 0 spiro atoms. The van der Waals surface area contributed by atoms with Gasteiger partial charge in [0.15, 0.2) is 0 Å². The van der Waals surface area contributed by atoms with Crippen molar-refractivity contribution in [3.63, 3.8) is 0 Å². The molecule has 2 aliphatic rings. The molecule has 1 saturated carbocycles. The second-order valence-corrected chi connectivity index (χ2v) is 9.61. The summed E-state index contributed by atoms with van der Waals surface area (Å²) in [5.74, 6) is 0.824. The van der Waals surface area contributed by atoms with Crippen LogP contribution >= 0.6 is 0 Å². The predicted molar refractivity (Wildman–Crippen MR) is 139 cm³/mol. The molecule has 1 aliphatic heterocycles. The van der Waals surface area contributed by atoms with E-state index in [0.717, 1.165) is 63.0 Å². The Bertz CT molecular complexity index is 1060. The van der Waals surface area contributed by atoms with Crippen LogP contribution < -0.4 is 16.2 Å². The van der Waals surface area contributed by atoms with Gasteiger partial charge in [0.05, 0.1) is 17.2 Å². The summed E-state index contributed by atoms with van der Waals surface area (Å²) in [6.07, 6.45) is 7.71. The predicted octanol–water partition coefficient (Wildman–Crippen LogP) is 3.78. The third kappa shape index (κ3) is 5.84. The molecule has 0 radical (unpaired) electrons. The number of benzene rings is 2. The van der Waals surface area contributed by atoms with Crippen LogP contribution in [-0.2, 0) is 5.41 Å². The highest BCUT2D eigenvalue weighted by molar-refractivity contribution is 6.08. The Kier molecular flexibility index (Phi) is 8.06. The largest absolute Gasteiger partial charge is 0.507 e. The summed E-state index contributed by atoms with van der Waals surface area (Å²) in [6, 6.07) is 20.7. The van der Waals surface area contributed by atoms with Gasteiger partial charge in [-0.15, -0.1) is 0 Å². The SMILES string of the molecule is CNN/C(=C\C(=N)c1ccccc1O)NC1CCN(C2CCC(C#N)(c3ccccc3)CC2)CC1. The van der Waals surface area contributed by atoms with Gasteiger partial charge in [0.25, 0.3) is 0 Å². The van der Waals surface area contributed by atoms with Gasteiger partial charge in [-0.3, -0.25) is 5.41 Å². The topological polar surface area (TPSA) is 107 Å². The zero-order chi connectivity index (χ0) is 24.7. The monoisotopic (exact) mass is 472 g/mol. The van der Waals surface area contributed by atoms with Crippen molar-refractivity contribution in [1.82, 2.24) is 21.1 Å². The number of hydrogen-bond donors (Lipinski definition) is 5. The van der Waals surface area contributed by atoms with Crippen LogP contribution in [-0.4, -0.2) is 47.9 Å². The van der Waals surface area contributed by atoms with Crippen LogP contribution in [0.15, 0.2) is 66.5 Å². The van der Waals surface area contributed by atoms with Gasteiger partial charge in [-0.25, -0.2) is 5.43 Å². The summed E-state index contributed by atoms with van der Waals surface area (Å²) in [4.78, 5) is 2.60. The Hall–Kier alpha value is -3.34. The molecule has 2 aromatic rings. The van der Waals surface area contributed by atoms with E-state index in [1.165, 1.54) is 0 Å². The molecule has 184 valence electrons. The summed E-state index contributed by atoms with van der Waals surface area (Å²) in [7, 11) is 1.79. The molecule has 5 N–H and O–H groups in total. The van der Waals surface area contributed by atoms with E-state index >= 15 is 0 Å². The van der Waals surface area contributed by atoms with E-state index < -0.39 is 0 Å². The van der Waals surface area contributed by atoms with Crippen LogP contribution in [0.2, 0.25) is 0 Å². The molecule has 2 fully saturated rings. The molecule has 0 atom stereocenters. The van der Waals surface area contributed by atoms with Gasteiger partial charge in [-0.2, -0.15) is 5.26 Å². The average Bonchev–Trinajstić information content (AvgIpc) is 2.90. The number of para-hydroxylation sites is 1. The van der Waals surface area contributed by atoms with Crippen LogP contribution in [0, 0.1) is 16.7 Å². The molecule has 0 unspecified atom stereocenters. The molecule has 1 aliphatic carbocycles. The number of nitrogens with one attached hydrogen (secondary N) is 4. The van der Waals surface area contributed by atoms with E-state index in [4.69, 9.17) is 5.41 Å². The molecular weight excluding hydrogens is 436 g/mol. The molecular formula is C28H36N6O. The Morgan fingerprint density at radius 2 is 1.71 bits per heavy atom. The highest BCUT2D eigenvalue weighted by atomic mass is 16.3. The first kappa shape index (κ1) is 24.8. The fourth-order valence-electron chi connectivity index (χ4n) is 5.48. The van der Waals surface area contributed by atoms with Crippen LogP contribution in [0.1, 0.15) is 49.7 Å². The molecule has 2 aromatic carbocycles. The number of allylic oxidation sites excluding steroid dienone is 1. The van der Waals surface area contributed by atoms with Gasteiger partial charge in [0, 0.05) is 43.9 Å². The lowest BCUT2D eigenvalue weighted by Gasteiger charge is -2.43. The van der Waals surface area contributed by atoms with Gasteiger partial charge >= 0.3 is 0 Å². The van der Waals surface area contributed by atoms with Crippen molar-refractivity contribution < 1.29 is 5.11 Å². The van der Waals surface area contributed by atoms with E-state index in [-0.39, 0.29) is 16.9 Å². The third-order valence-electron chi connectivity index (χ3n) is 7.50. The molecule has 7 heteroatoms. The molecule has 1 heterocycles. The van der Waals surface area contributed by atoms with Gasteiger partial charge in [0.2, 0.25) is 0 Å². The fraction of sp³-hybridized carbons (Fsp3) is 0.429. The first-order valence-corrected chi connectivity index (χ1v) is 12.5. The zero-order valence-electron chi connectivity index (χ0n) is 20.4. The summed E-state index contributed by atoms with van der Waals surface area (Å²) >= 11 is 0. The van der Waals surface area contributed by atoms with Gasteiger partial charge in [-0.05, 0) is 56.2 Å². The number of aromatic hydroxyl groups is 1. The number of phenolic OH excluding ortho intramolecular Hbond substituents is 1. The quantitative estimate of drug-likeness (QED) is 0.296. The second-order valence-electron chi connectivity index (χ2n) is 9.61. The van der Waals surface area contributed by atoms with E-state index in [2.05, 4.69) is 39.3 Å². The number of nitriles is 1. The number of hydrogen-bond acceptors (Lipinski definition) is 7. The lowest BCUT2D eigenvalue weighted by Crippen LogP contribution is -2.50. The second kappa shape index (κ2) is 11.4. The normalized spacial score (nSPS) is 23.9. The van der Waals surface area contributed by atoms with Crippen molar-refractivity contribution in [2.24, 2.45) is 0 Å². The fourth-order valence-corrected chi connectivity index (χ4v) is 5.48. The molecule has 4 rings (SSSR count). The molecule has 7 nitrogen and oxygen atoms in total. The average molecular weight is 473 g/mol. The number of nitrogens with zero attached hydrogens (tertiary/aromatic N) is 2. The maximum absolute atomic E-state index is 10.1. The Labute approximate surface area is 208 Å². The van der Waals surface area contributed by atoms with Crippen LogP contribution in [0.3, 0.4) is 0 Å². The minimum Gasteiger partial charge on any atom is -0.507 e. The summed E-state index contributed by atoms with van der Waals surface area (Å²) in [5.41, 5.74) is 7.59. The van der Waals surface area contributed by atoms with Crippen molar-refractivity contribution in [1.29, 1.82) is 10.7 Å². The van der Waals surface area contributed by atoms with Crippen LogP contribution in [0.25, 0.3) is 0 Å². The van der Waals surface area contributed by atoms with Gasteiger partial charge in [-0.1, -0.05) is 42.5 Å². The first-order chi connectivity index (χ1) is 17.0. The number of likely N-dealkylation sites (tertiary alicyclic amines) is 1. The maximum Gasteiger partial charge on any atom is 0.124 e. The molecule has 35 heavy (non-hydrogen) atoms. The summed E-state index contributed by atoms with van der Waals surface area (Å²) in [5, 5.41) is 32.0. The van der Waals surface area contributed by atoms with Crippen molar-refractivity contribution >= 4 is 5.71 Å². The number of piperidine rings is 1. The molecule has 1 saturated heterocycles. The van der Waals surface area contributed by atoms with Crippen molar-refractivity contribution in [3.8, 4) is 11.8 Å². The molecule has 0 bridgehead atoms. The lowest BCUT2D eigenvalue weighted by molar-refractivity contribution is 0.104. The molecule has 0 aromatic heterocycles. The zero-order valence-corrected chi connectivity index (χ0v) is 20.4.